The van der Waals surface area contributed by atoms with Gasteiger partial charge in [-0.05, 0) is 31.5 Å². The molecule has 0 fully saturated rings. The summed E-state index contributed by atoms with van der Waals surface area (Å²) in [4.78, 5) is 25.1. The maximum Gasteiger partial charge on any atom is 0.250 e. The van der Waals surface area contributed by atoms with Crippen LogP contribution in [0.25, 0.3) is 11.4 Å². The van der Waals surface area contributed by atoms with E-state index in [1.54, 1.807) is 35.6 Å². The normalized spacial score (nSPS) is 10.8. The molecule has 2 heterocycles. The van der Waals surface area contributed by atoms with E-state index in [1.165, 1.54) is 16.6 Å². The number of nitrogens with two attached hydrogens (primary N) is 1. The molecule has 0 aliphatic carbocycles. The van der Waals surface area contributed by atoms with Crippen LogP contribution in [0.4, 0.5) is 5.69 Å². The Bertz CT molecular complexity index is 996. The molecule has 0 aliphatic rings. The topological polar surface area (TPSA) is 103 Å². The number of anilines is 1. The van der Waals surface area contributed by atoms with Crippen molar-refractivity contribution < 1.29 is 9.59 Å². The van der Waals surface area contributed by atoms with Gasteiger partial charge < -0.3 is 15.6 Å². The monoisotopic (exact) mass is 415 g/mol. The molecule has 0 radical (unpaired) electrons. The molecule has 0 saturated heterocycles. The third-order valence-corrected chi connectivity index (χ3v) is 5.78. The number of amides is 2. The fourth-order valence-electron chi connectivity index (χ4n) is 2.72. The number of hydrogen-bond donors (Lipinski definition) is 2. The van der Waals surface area contributed by atoms with Gasteiger partial charge in [0.05, 0.1) is 17.0 Å². The van der Waals surface area contributed by atoms with Crippen LogP contribution in [-0.2, 0) is 11.3 Å². The van der Waals surface area contributed by atoms with Gasteiger partial charge in [0.1, 0.15) is 0 Å². The van der Waals surface area contributed by atoms with Gasteiger partial charge in [-0.25, -0.2) is 0 Å². The molecule has 9 heteroatoms. The quantitative estimate of drug-likeness (QED) is 0.548. The molecule has 0 aliphatic heterocycles. The van der Waals surface area contributed by atoms with Crippen molar-refractivity contribution in [3.05, 3.63) is 46.2 Å². The number of hydrogen-bond acceptors (Lipinski definition) is 6. The smallest absolute Gasteiger partial charge is 0.250 e. The van der Waals surface area contributed by atoms with Gasteiger partial charge in [-0.15, -0.1) is 21.5 Å². The van der Waals surface area contributed by atoms with Gasteiger partial charge in [0.15, 0.2) is 11.0 Å². The minimum Gasteiger partial charge on any atom is -0.366 e. The molecule has 3 rings (SSSR count). The van der Waals surface area contributed by atoms with E-state index in [0.29, 0.717) is 10.8 Å². The highest BCUT2D eigenvalue weighted by molar-refractivity contribution is 7.99. The van der Waals surface area contributed by atoms with Crippen LogP contribution in [0.1, 0.15) is 28.6 Å². The SMILES string of the molecule is CCCn1c(SCC(=O)Nc2ccccc2C(N)=O)nnc1-c1csc(C)c1. The Kier molecular flexibility index (Phi) is 6.48. The lowest BCUT2D eigenvalue weighted by Gasteiger charge is -2.10. The molecule has 0 atom stereocenters. The fourth-order valence-corrected chi connectivity index (χ4v) is 4.16. The molecule has 0 saturated carbocycles. The lowest BCUT2D eigenvalue weighted by atomic mass is 10.1. The van der Waals surface area contributed by atoms with Crippen molar-refractivity contribution in [2.75, 3.05) is 11.1 Å². The van der Waals surface area contributed by atoms with Gasteiger partial charge >= 0.3 is 0 Å². The maximum atomic E-state index is 12.4. The summed E-state index contributed by atoms with van der Waals surface area (Å²) in [6.07, 6.45) is 0.930. The van der Waals surface area contributed by atoms with Crippen molar-refractivity contribution in [3.63, 3.8) is 0 Å². The predicted octanol–water partition coefficient (Wildman–Crippen LogP) is 3.55. The van der Waals surface area contributed by atoms with Gasteiger partial charge in [0, 0.05) is 22.4 Å². The standard InChI is InChI=1S/C19H21N5O2S2/c1-3-8-24-18(13-9-12(2)27-10-13)22-23-19(24)28-11-16(25)21-15-7-5-4-6-14(15)17(20)26/h4-7,9-10H,3,8,11H2,1-2H3,(H2,20,26)(H,21,25). The highest BCUT2D eigenvalue weighted by Gasteiger charge is 2.17. The molecule has 0 bridgehead atoms. The Morgan fingerprint density at radius 1 is 1.29 bits per heavy atom. The van der Waals surface area contributed by atoms with Crippen LogP contribution in [0.2, 0.25) is 0 Å². The summed E-state index contributed by atoms with van der Waals surface area (Å²) >= 11 is 2.98. The van der Waals surface area contributed by atoms with Gasteiger partial charge in [0.2, 0.25) is 5.91 Å². The second kappa shape index (κ2) is 9.03. The van der Waals surface area contributed by atoms with E-state index in [0.717, 1.165) is 24.4 Å². The summed E-state index contributed by atoms with van der Waals surface area (Å²) in [7, 11) is 0. The largest absolute Gasteiger partial charge is 0.366 e. The molecule has 1 aromatic carbocycles. The summed E-state index contributed by atoms with van der Waals surface area (Å²) < 4.78 is 2.04. The Morgan fingerprint density at radius 2 is 2.07 bits per heavy atom. The van der Waals surface area contributed by atoms with E-state index in [1.807, 2.05) is 4.57 Å². The Balaban J connectivity index is 1.71. The fraction of sp³-hybridized carbons (Fsp3) is 0.263. The number of rotatable bonds is 8. The van der Waals surface area contributed by atoms with Crippen LogP contribution in [0.5, 0.6) is 0 Å². The van der Waals surface area contributed by atoms with Crippen molar-refractivity contribution in [1.82, 2.24) is 14.8 Å². The number of thioether (sulfide) groups is 1. The Morgan fingerprint density at radius 3 is 2.75 bits per heavy atom. The molecule has 0 spiro atoms. The van der Waals surface area contributed by atoms with E-state index < -0.39 is 5.91 Å². The van der Waals surface area contributed by atoms with Crippen LogP contribution in [0, 0.1) is 6.92 Å². The van der Waals surface area contributed by atoms with Crippen molar-refractivity contribution in [3.8, 4) is 11.4 Å². The zero-order chi connectivity index (χ0) is 20.1. The van der Waals surface area contributed by atoms with E-state index in [4.69, 9.17) is 5.73 Å². The van der Waals surface area contributed by atoms with Crippen molar-refractivity contribution in [2.24, 2.45) is 5.73 Å². The number of thiophene rings is 1. The number of carbonyl (C=O) groups excluding carboxylic acids is 2. The lowest BCUT2D eigenvalue weighted by Crippen LogP contribution is -2.19. The summed E-state index contributed by atoms with van der Waals surface area (Å²) in [6.45, 7) is 4.91. The molecular weight excluding hydrogens is 394 g/mol. The van der Waals surface area contributed by atoms with E-state index in [2.05, 4.69) is 40.8 Å². The zero-order valence-corrected chi connectivity index (χ0v) is 17.3. The molecule has 3 aromatic rings. The van der Waals surface area contributed by atoms with Crippen LogP contribution in [-0.4, -0.2) is 32.3 Å². The lowest BCUT2D eigenvalue weighted by molar-refractivity contribution is -0.113. The van der Waals surface area contributed by atoms with E-state index in [-0.39, 0.29) is 17.2 Å². The van der Waals surface area contributed by atoms with Crippen molar-refractivity contribution >= 4 is 40.6 Å². The molecular formula is C19H21N5O2S2. The van der Waals surface area contributed by atoms with Gasteiger partial charge in [-0.1, -0.05) is 30.8 Å². The summed E-state index contributed by atoms with van der Waals surface area (Å²) in [5, 5.41) is 14.1. The molecule has 2 amide bonds. The van der Waals surface area contributed by atoms with Gasteiger partial charge in [-0.3, -0.25) is 9.59 Å². The van der Waals surface area contributed by atoms with Crippen molar-refractivity contribution in [1.29, 1.82) is 0 Å². The minimum atomic E-state index is -0.582. The number of aromatic nitrogens is 3. The first-order chi connectivity index (χ1) is 13.5. The molecule has 7 nitrogen and oxygen atoms in total. The highest BCUT2D eigenvalue weighted by Crippen LogP contribution is 2.28. The van der Waals surface area contributed by atoms with E-state index >= 15 is 0 Å². The number of benzene rings is 1. The van der Waals surface area contributed by atoms with Crippen LogP contribution in [0.3, 0.4) is 0 Å². The Labute approximate surface area is 171 Å². The Hall–Kier alpha value is -2.65. The maximum absolute atomic E-state index is 12.4. The van der Waals surface area contributed by atoms with Crippen LogP contribution in [0.15, 0.2) is 40.9 Å². The third-order valence-electron chi connectivity index (χ3n) is 3.95. The molecule has 146 valence electrons. The average molecular weight is 416 g/mol. The number of carbonyl (C=O) groups is 2. The highest BCUT2D eigenvalue weighted by atomic mass is 32.2. The van der Waals surface area contributed by atoms with Gasteiger partial charge in [-0.2, -0.15) is 0 Å². The van der Waals surface area contributed by atoms with E-state index in [9.17, 15) is 9.59 Å². The molecule has 2 aromatic heterocycles. The van der Waals surface area contributed by atoms with Crippen molar-refractivity contribution in [2.45, 2.75) is 32.0 Å². The van der Waals surface area contributed by atoms with Crippen LogP contribution < -0.4 is 11.1 Å². The van der Waals surface area contributed by atoms with Gasteiger partial charge in [0.25, 0.3) is 5.91 Å². The number of para-hydroxylation sites is 1. The summed E-state index contributed by atoms with van der Waals surface area (Å²) in [5.74, 6) is 0.144. The summed E-state index contributed by atoms with van der Waals surface area (Å²) in [6, 6.07) is 8.76. The number of primary amides is 1. The minimum absolute atomic E-state index is 0.150. The average Bonchev–Trinajstić information content (AvgIpc) is 3.26. The van der Waals surface area contributed by atoms with Crippen LogP contribution >= 0.6 is 23.1 Å². The number of aryl methyl sites for hydroxylation is 1. The first-order valence-electron chi connectivity index (χ1n) is 8.79. The number of nitrogens with one attached hydrogen (secondary N) is 1. The second-order valence-corrected chi connectivity index (χ2v) is 8.21. The summed E-state index contributed by atoms with van der Waals surface area (Å²) in [5.41, 5.74) is 7.08. The molecule has 0 unspecified atom stereocenters. The zero-order valence-electron chi connectivity index (χ0n) is 15.6. The second-order valence-electron chi connectivity index (χ2n) is 6.15. The third kappa shape index (κ3) is 4.60. The predicted molar refractivity (Wildman–Crippen MR) is 113 cm³/mol. The first-order valence-corrected chi connectivity index (χ1v) is 10.7. The molecule has 3 N–H and O–H groups in total. The number of nitrogens with zero attached hydrogens (tertiary/aromatic N) is 3. The molecule has 28 heavy (non-hydrogen) atoms. The first kappa shape index (κ1) is 20.1.